The highest BCUT2D eigenvalue weighted by Crippen LogP contribution is 2.27. The van der Waals surface area contributed by atoms with Crippen LogP contribution in [0.15, 0.2) is 48.7 Å². The van der Waals surface area contributed by atoms with Gasteiger partial charge in [0, 0.05) is 41.8 Å². The quantitative estimate of drug-likeness (QED) is 0.539. The molecule has 0 spiro atoms. The molecule has 0 atom stereocenters. The standard InChI is InChI=1S/C20H19N3O4/c1-22-12-16(15-4-2-3-5-17(15)22)20(25)23-8-9-27-18-10-13(19(24)21-26)6-7-14(18)11-23/h2-7,10,12,26H,8-9,11H2,1H3,(H,21,24). The lowest BCUT2D eigenvalue weighted by atomic mass is 10.1. The van der Waals surface area contributed by atoms with Gasteiger partial charge in [0.05, 0.1) is 12.1 Å². The SMILES string of the molecule is Cn1cc(C(=O)N2CCOc3cc(C(=O)NO)ccc3C2)c2ccccc21. The molecular weight excluding hydrogens is 346 g/mol. The van der Waals surface area contributed by atoms with Crippen LogP contribution < -0.4 is 10.2 Å². The first-order valence-corrected chi connectivity index (χ1v) is 8.62. The van der Waals surface area contributed by atoms with Gasteiger partial charge in [0.25, 0.3) is 11.8 Å². The number of fused-ring (bicyclic) bond motifs is 2. The Morgan fingerprint density at radius 3 is 2.81 bits per heavy atom. The van der Waals surface area contributed by atoms with Gasteiger partial charge < -0.3 is 14.2 Å². The summed E-state index contributed by atoms with van der Waals surface area (Å²) in [7, 11) is 1.92. The largest absolute Gasteiger partial charge is 0.491 e. The zero-order valence-corrected chi connectivity index (χ0v) is 14.8. The zero-order chi connectivity index (χ0) is 19.0. The van der Waals surface area contributed by atoms with Gasteiger partial charge in [-0.3, -0.25) is 14.8 Å². The first-order valence-electron chi connectivity index (χ1n) is 8.62. The second kappa shape index (κ2) is 6.77. The fraction of sp³-hybridized carbons (Fsp3) is 0.200. The molecule has 0 saturated carbocycles. The second-order valence-corrected chi connectivity index (χ2v) is 6.51. The third kappa shape index (κ3) is 3.02. The molecule has 0 fully saturated rings. The smallest absolute Gasteiger partial charge is 0.274 e. The van der Waals surface area contributed by atoms with Crippen molar-refractivity contribution in [2.75, 3.05) is 13.2 Å². The molecule has 0 radical (unpaired) electrons. The van der Waals surface area contributed by atoms with Crippen LogP contribution >= 0.6 is 0 Å². The van der Waals surface area contributed by atoms with E-state index in [-0.39, 0.29) is 5.91 Å². The Balaban J connectivity index is 1.65. The zero-order valence-electron chi connectivity index (χ0n) is 14.8. The van der Waals surface area contributed by atoms with E-state index in [2.05, 4.69) is 0 Å². The van der Waals surface area contributed by atoms with Gasteiger partial charge in [0.15, 0.2) is 0 Å². The molecule has 0 aliphatic carbocycles. The van der Waals surface area contributed by atoms with Crippen molar-refractivity contribution in [2.45, 2.75) is 6.54 Å². The molecule has 2 heterocycles. The molecule has 3 aromatic rings. The minimum Gasteiger partial charge on any atom is -0.491 e. The molecule has 0 unspecified atom stereocenters. The number of hydrogen-bond donors (Lipinski definition) is 2. The number of carbonyl (C=O) groups excluding carboxylic acids is 2. The number of amides is 2. The van der Waals surface area contributed by atoms with Crippen molar-refractivity contribution in [2.24, 2.45) is 7.05 Å². The van der Waals surface area contributed by atoms with Gasteiger partial charge in [-0.25, -0.2) is 5.48 Å². The second-order valence-electron chi connectivity index (χ2n) is 6.51. The first kappa shape index (κ1) is 17.1. The third-order valence-corrected chi connectivity index (χ3v) is 4.83. The number of nitrogens with zero attached hydrogens (tertiary/aromatic N) is 2. The summed E-state index contributed by atoms with van der Waals surface area (Å²) in [6, 6.07) is 12.7. The summed E-state index contributed by atoms with van der Waals surface area (Å²) in [5.74, 6) is -0.112. The van der Waals surface area contributed by atoms with Crippen LogP contribution in [0.25, 0.3) is 10.9 Å². The Labute approximate surface area is 155 Å². The molecule has 7 nitrogen and oxygen atoms in total. The number of hydroxylamine groups is 1. The van der Waals surface area contributed by atoms with E-state index in [9.17, 15) is 9.59 Å². The lowest BCUT2D eigenvalue weighted by Gasteiger charge is -2.19. The Bertz CT molecular complexity index is 1040. The number of carbonyl (C=O) groups is 2. The van der Waals surface area contributed by atoms with Crippen molar-refractivity contribution in [3.63, 3.8) is 0 Å². The lowest BCUT2D eigenvalue weighted by molar-refractivity contribution is 0.0705. The van der Waals surface area contributed by atoms with Gasteiger partial charge in [-0.15, -0.1) is 0 Å². The molecule has 0 bridgehead atoms. The summed E-state index contributed by atoms with van der Waals surface area (Å²) in [5, 5.41) is 9.70. The average Bonchev–Trinajstić information content (AvgIpc) is 2.89. The van der Waals surface area contributed by atoms with Crippen molar-refractivity contribution in [1.82, 2.24) is 14.9 Å². The predicted molar refractivity (Wildman–Crippen MR) is 98.8 cm³/mol. The maximum atomic E-state index is 13.2. The van der Waals surface area contributed by atoms with E-state index in [0.717, 1.165) is 16.5 Å². The van der Waals surface area contributed by atoms with Gasteiger partial charge in [0.1, 0.15) is 12.4 Å². The van der Waals surface area contributed by atoms with E-state index in [4.69, 9.17) is 9.94 Å². The summed E-state index contributed by atoms with van der Waals surface area (Å²) in [6.07, 6.45) is 1.86. The van der Waals surface area contributed by atoms with Crippen LogP contribution in [0.5, 0.6) is 5.75 Å². The Hall–Kier alpha value is -3.32. The minimum atomic E-state index is -0.602. The van der Waals surface area contributed by atoms with Crippen LogP contribution in [-0.4, -0.2) is 39.6 Å². The number of ether oxygens (including phenoxy) is 1. The van der Waals surface area contributed by atoms with Crippen LogP contribution in [0, 0.1) is 0 Å². The van der Waals surface area contributed by atoms with E-state index >= 15 is 0 Å². The molecule has 2 aromatic carbocycles. The molecule has 2 N–H and O–H groups in total. The monoisotopic (exact) mass is 365 g/mol. The molecule has 1 aliphatic heterocycles. The van der Waals surface area contributed by atoms with Gasteiger partial charge in [-0.1, -0.05) is 24.3 Å². The summed E-state index contributed by atoms with van der Waals surface area (Å²) in [6.45, 7) is 1.16. The first-order chi connectivity index (χ1) is 13.1. The number of para-hydroxylation sites is 1. The number of nitrogens with one attached hydrogen (secondary N) is 1. The summed E-state index contributed by atoms with van der Waals surface area (Å²) >= 11 is 0. The highest BCUT2D eigenvalue weighted by Gasteiger charge is 2.24. The Morgan fingerprint density at radius 2 is 2.00 bits per heavy atom. The van der Waals surface area contributed by atoms with E-state index < -0.39 is 5.91 Å². The molecule has 4 rings (SSSR count). The van der Waals surface area contributed by atoms with Crippen LogP contribution in [-0.2, 0) is 13.6 Å². The molecule has 1 aromatic heterocycles. The van der Waals surface area contributed by atoms with E-state index in [1.807, 2.05) is 42.1 Å². The normalized spacial score (nSPS) is 13.6. The van der Waals surface area contributed by atoms with Gasteiger partial charge in [0.2, 0.25) is 0 Å². The van der Waals surface area contributed by atoms with E-state index in [0.29, 0.717) is 36.6 Å². The van der Waals surface area contributed by atoms with Crippen LogP contribution in [0.3, 0.4) is 0 Å². The lowest BCUT2D eigenvalue weighted by Crippen LogP contribution is -2.32. The van der Waals surface area contributed by atoms with Crippen molar-refractivity contribution < 1.29 is 19.5 Å². The molecule has 0 saturated heterocycles. The molecule has 138 valence electrons. The van der Waals surface area contributed by atoms with Crippen molar-refractivity contribution >= 4 is 22.7 Å². The number of rotatable bonds is 2. The Morgan fingerprint density at radius 1 is 1.19 bits per heavy atom. The van der Waals surface area contributed by atoms with Crippen LogP contribution in [0.1, 0.15) is 26.3 Å². The maximum Gasteiger partial charge on any atom is 0.274 e. The highest BCUT2D eigenvalue weighted by atomic mass is 16.5. The average molecular weight is 365 g/mol. The predicted octanol–water partition coefficient (Wildman–Crippen LogP) is 2.33. The molecular formula is C20H19N3O4. The third-order valence-electron chi connectivity index (χ3n) is 4.83. The topological polar surface area (TPSA) is 83.8 Å². The van der Waals surface area contributed by atoms with Crippen LogP contribution in [0.4, 0.5) is 0 Å². The van der Waals surface area contributed by atoms with Crippen molar-refractivity contribution in [3.8, 4) is 5.75 Å². The summed E-state index contributed by atoms with van der Waals surface area (Å²) in [5.41, 5.74) is 4.39. The summed E-state index contributed by atoms with van der Waals surface area (Å²) in [4.78, 5) is 26.5. The van der Waals surface area contributed by atoms with E-state index in [1.165, 1.54) is 0 Å². The highest BCUT2D eigenvalue weighted by molar-refractivity contribution is 6.07. The molecule has 2 amide bonds. The molecule has 7 heteroatoms. The van der Waals surface area contributed by atoms with Crippen LogP contribution in [0.2, 0.25) is 0 Å². The fourth-order valence-electron chi connectivity index (χ4n) is 3.43. The molecule has 27 heavy (non-hydrogen) atoms. The summed E-state index contributed by atoms with van der Waals surface area (Å²) < 4.78 is 7.68. The van der Waals surface area contributed by atoms with Gasteiger partial charge in [-0.2, -0.15) is 0 Å². The molecule has 1 aliphatic rings. The number of aryl methyl sites for hydroxylation is 1. The van der Waals surface area contributed by atoms with Gasteiger partial charge in [-0.05, 0) is 18.2 Å². The van der Waals surface area contributed by atoms with Crippen molar-refractivity contribution in [3.05, 3.63) is 65.4 Å². The Kier molecular flexibility index (Phi) is 4.29. The fourth-order valence-corrected chi connectivity index (χ4v) is 3.43. The van der Waals surface area contributed by atoms with E-state index in [1.54, 1.807) is 28.6 Å². The van der Waals surface area contributed by atoms with Crippen molar-refractivity contribution in [1.29, 1.82) is 0 Å². The van der Waals surface area contributed by atoms with Gasteiger partial charge >= 0.3 is 0 Å². The minimum absolute atomic E-state index is 0.0552. The number of benzene rings is 2. The number of hydrogen-bond acceptors (Lipinski definition) is 4. The maximum absolute atomic E-state index is 13.2. The number of aromatic nitrogens is 1.